The van der Waals surface area contributed by atoms with Gasteiger partial charge in [0.1, 0.15) is 0 Å². The summed E-state index contributed by atoms with van der Waals surface area (Å²) in [5, 5.41) is 0. The van der Waals surface area contributed by atoms with Gasteiger partial charge in [0.15, 0.2) is 5.78 Å². The summed E-state index contributed by atoms with van der Waals surface area (Å²) in [6, 6.07) is 4.15. The van der Waals surface area contributed by atoms with Crippen LogP contribution in [0.5, 0.6) is 0 Å². The van der Waals surface area contributed by atoms with Gasteiger partial charge in [-0.3, -0.25) is 4.79 Å². The van der Waals surface area contributed by atoms with Crippen molar-refractivity contribution >= 4 is 21.7 Å². The molecule has 0 radical (unpaired) electrons. The highest BCUT2D eigenvalue weighted by molar-refractivity contribution is 9.10. The number of hydrogen-bond acceptors (Lipinski definition) is 1. The van der Waals surface area contributed by atoms with Crippen molar-refractivity contribution in [2.24, 2.45) is 0 Å². The maximum Gasteiger partial charge on any atom is 0.263 e. The first-order valence-electron chi connectivity index (χ1n) is 4.50. The quantitative estimate of drug-likeness (QED) is 0.605. The van der Waals surface area contributed by atoms with E-state index >= 15 is 0 Å². The van der Waals surface area contributed by atoms with E-state index in [2.05, 4.69) is 15.9 Å². The molecule has 82 valence electrons. The van der Waals surface area contributed by atoms with Gasteiger partial charge in [0.2, 0.25) is 0 Å². The molecule has 1 atom stereocenters. The van der Waals surface area contributed by atoms with E-state index in [1.165, 1.54) is 12.1 Å². The molecule has 1 aromatic carbocycles. The Kier molecular flexibility index (Phi) is 3.97. The number of aryl methyl sites for hydroxylation is 1. The smallest absolute Gasteiger partial charge is 0.263 e. The first kappa shape index (κ1) is 12.3. The van der Waals surface area contributed by atoms with Crippen LogP contribution >= 0.6 is 15.9 Å². The van der Waals surface area contributed by atoms with Crippen LogP contribution in [-0.4, -0.2) is 10.6 Å². The Labute approximate surface area is 95.6 Å². The largest absolute Gasteiger partial charge is 0.293 e. The lowest BCUT2D eigenvalue weighted by molar-refractivity contribution is 0.0994. The summed E-state index contributed by atoms with van der Waals surface area (Å²) in [5.74, 6) is -0.171. The van der Waals surface area contributed by atoms with Crippen LogP contribution in [0.3, 0.4) is 0 Å². The number of benzene rings is 1. The van der Waals surface area contributed by atoms with Crippen molar-refractivity contribution in [2.75, 3.05) is 0 Å². The summed E-state index contributed by atoms with van der Waals surface area (Å²) < 4.78 is 24.8. The zero-order chi connectivity index (χ0) is 11.6. The summed E-state index contributed by atoms with van der Waals surface area (Å²) in [7, 11) is 0. The highest BCUT2D eigenvalue weighted by Gasteiger charge is 2.17. The Bertz CT molecular complexity index is 375. The molecule has 0 amide bonds. The predicted molar refractivity (Wildman–Crippen MR) is 58.9 cm³/mol. The van der Waals surface area contributed by atoms with E-state index in [4.69, 9.17) is 0 Å². The fraction of sp³-hybridized carbons (Fsp3) is 0.364. The van der Waals surface area contributed by atoms with Crippen LogP contribution in [0.25, 0.3) is 0 Å². The van der Waals surface area contributed by atoms with Crippen LogP contribution in [0.4, 0.5) is 8.78 Å². The summed E-state index contributed by atoms with van der Waals surface area (Å²) >= 11 is 3.14. The molecule has 4 heteroatoms. The third-order valence-electron chi connectivity index (χ3n) is 2.14. The molecule has 1 unspecified atom stereocenters. The molecule has 15 heavy (non-hydrogen) atoms. The second-order valence-corrected chi connectivity index (χ2v) is 4.73. The lowest BCUT2D eigenvalue weighted by atomic mass is 10.0. The highest BCUT2D eigenvalue weighted by Crippen LogP contribution is 2.23. The average Bonchev–Trinajstić information content (AvgIpc) is 2.16. The van der Waals surface area contributed by atoms with Gasteiger partial charge in [-0.05, 0) is 25.5 Å². The minimum Gasteiger partial charge on any atom is -0.293 e. The fourth-order valence-electron chi connectivity index (χ4n) is 1.26. The molecule has 0 N–H and O–H groups in total. The molecule has 0 saturated carbocycles. The van der Waals surface area contributed by atoms with E-state index in [0.29, 0.717) is 5.56 Å². The minimum absolute atomic E-state index is 0.114. The minimum atomic E-state index is -2.54. The summed E-state index contributed by atoms with van der Waals surface area (Å²) in [6.07, 6.45) is -2.54. The van der Waals surface area contributed by atoms with E-state index < -0.39 is 6.43 Å². The molecule has 0 saturated heterocycles. The monoisotopic (exact) mass is 276 g/mol. The Balaban J connectivity index is 3.16. The first-order chi connectivity index (χ1) is 6.93. The number of rotatable bonds is 3. The number of alkyl halides is 3. The Morgan fingerprint density at radius 1 is 1.40 bits per heavy atom. The van der Waals surface area contributed by atoms with Crippen molar-refractivity contribution in [3.05, 3.63) is 34.9 Å². The fourth-order valence-corrected chi connectivity index (χ4v) is 1.50. The molecule has 0 aliphatic carbocycles. The molecular formula is C11H11BrF2O. The standard InChI is InChI=1S/C11H11BrF2O/c1-6-3-4-8(11(13)14)5-9(6)10(15)7(2)12/h3-5,7,11H,1-2H3. The molecule has 1 aromatic rings. The maximum absolute atomic E-state index is 12.4. The molecule has 1 nitrogen and oxygen atoms in total. The van der Waals surface area contributed by atoms with Crippen molar-refractivity contribution in [1.82, 2.24) is 0 Å². The van der Waals surface area contributed by atoms with Crippen molar-refractivity contribution < 1.29 is 13.6 Å². The van der Waals surface area contributed by atoms with E-state index in [1.54, 1.807) is 19.9 Å². The van der Waals surface area contributed by atoms with Gasteiger partial charge in [-0.15, -0.1) is 0 Å². The van der Waals surface area contributed by atoms with Gasteiger partial charge < -0.3 is 0 Å². The summed E-state index contributed by atoms with van der Waals surface area (Å²) in [4.78, 5) is 11.3. The highest BCUT2D eigenvalue weighted by atomic mass is 79.9. The molecule has 0 aromatic heterocycles. The first-order valence-corrected chi connectivity index (χ1v) is 5.42. The molecule has 0 bridgehead atoms. The Morgan fingerprint density at radius 3 is 2.47 bits per heavy atom. The van der Waals surface area contributed by atoms with Crippen LogP contribution in [0, 0.1) is 6.92 Å². The van der Waals surface area contributed by atoms with E-state index in [1.807, 2.05) is 0 Å². The third kappa shape index (κ3) is 2.84. The molecule has 0 heterocycles. The van der Waals surface area contributed by atoms with Crippen molar-refractivity contribution in [1.29, 1.82) is 0 Å². The molecule has 1 rings (SSSR count). The molecular weight excluding hydrogens is 266 g/mol. The maximum atomic E-state index is 12.4. The van der Waals surface area contributed by atoms with Gasteiger partial charge in [0, 0.05) is 11.1 Å². The predicted octanol–water partition coefficient (Wildman–Crippen LogP) is 3.90. The van der Waals surface area contributed by atoms with Gasteiger partial charge in [-0.2, -0.15) is 0 Å². The lowest BCUT2D eigenvalue weighted by Crippen LogP contribution is -2.12. The number of halogens is 3. The van der Waals surface area contributed by atoms with Gasteiger partial charge in [0.05, 0.1) is 4.83 Å². The number of carbonyl (C=O) groups excluding carboxylic acids is 1. The molecule has 0 fully saturated rings. The second kappa shape index (κ2) is 4.84. The van der Waals surface area contributed by atoms with Gasteiger partial charge in [-0.1, -0.05) is 28.1 Å². The van der Waals surface area contributed by atoms with Crippen molar-refractivity contribution in [3.8, 4) is 0 Å². The Morgan fingerprint density at radius 2 is 2.00 bits per heavy atom. The van der Waals surface area contributed by atoms with Gasteiger partial charge in [0.25, 0.3) is 6.43 Å². The number of ketones is 1. The van der Waals surface area contributed by atoms with Crippen LogP contribution in [0.2, 0.25) is 0 Å². The second-order valence-electron chi connectivity index (χ2n) is 3.36. The number of hydrogen-bond donors (Lipinski definition) is 0. The summed E-state index contributed by atoms with van der Waals surface area (Å²) in [5.41, 5.74) is 0.963. The number of Topliss-reactive ketones (excluding diaryl/α,β-unsaturated/α-hetero) is 1. The van der Waals surface area contributed by atoms with Crippen molar-refractivity contribution in [3.63, 3.8) is 0 Å². The molecule has 0 spiro atoms. The molecule has 0 aliphatic rings. The van der Waals surface area contributed by atoms with Crippen LogP contribution in [0.1, 0.15) is 34.8 Å². The van der Waals surface area contributed by atoms with Crippen molar-refractivity contribution in [2.45, 2.75) is 25.1 Å². The summed E-state index contributed by atoms with van der Waals surface area (Å²) in [6.45, 7) is 3.41. The normalized spacial score (nSPS) is 12.9. The lowest BCUT2D eigenvalue weighted by Gasteiger charge is -2.08. The van der Waals surface area contributed by atoms with Crippen LogP contribution in [0.15, 0.2) is 18.2 Å². The van der Waals surface area contributed by atoms with Crippen LogP contribution < -0.4 is 0 Å². The van der Waals surface area contributed by atoms with Gasteiger partial charge in [-0.25, -0.2) is 8.78 Å². The SMILES string of the molecule is Cc1ccc(C(F)F)cc1C(=O)C(C)Br. The van der Waals surface area contributed by atoms with Gasteiger partial charge >= 0.3 is 0 Å². The number of carbonyl (C=O) groups is 1. The Hall–Kier alpha value is -0.770. The van der Waals surface area contributed by atoms with Crippen LogP contribution in [-0.2, 0) is 0 Å². The van der Waals surface area contributed by atoms with E-state index in [-0.39, 0.29) is 16.2 Å². The average molecular weight is 277 g/mol. The molecule has 0 aliphatic heterocycles. The zero-order valence-electron chi connectivity index (χ0n) is 8.43. The van der Waals surface area contributed by atoms with E-state index in [0.717, 1.165) is 5.56 Å². The third-order valence-corrected chi connectivity index (χ3v) is 2.56. The van der Waals surface area contributed by atoms with E-state index in [9.17, 15) is 13.6 Å². The topological polar surface area (TPSA) is 17.1 Å². The zero-order valence-corrected chi connectivity index (χ0v) is 10.0.